The van der Waals surface area contributed by atoms with Crippen molar-refractivity contribution in [1.29, 1.82) is 0 Å². The van der Waals surface area contributed by atoms with Gasteiger partial charge in [0.2, 0.25) is 0 Å². The van der Waals surface area contributed by atoms with Gasteiger partial charge >= 0.3 is 5.97 Å². The van der Waals surface area contributed by atoms with Crippen LogP contribution in [-0.2, 0) is 39.9 Å². The largest absolute Gasteiger partial charge is 0.468 e. The first-order chi connectivity index (χ1) is 20.2. The molecule has 0 aromatic heterocycles. The van der Waals surface area contributed by atoms with Crippen LogP contribution in [0.3, 0.4) is 0 Å². The van der Waals surface area contributed by atoms with E-state index >= 15 is 0 Å². The number of carbonyl (C=O) groups excluding carboxylic acids is 2. The van der Waals surface area contributed by atoms with Crippen LogP contribution in [0.2, 0.25) is 0 Å². The molecule has 0 radical (unpaired) electrons. The summed E-state index contributed by atoms with van der Waals surface area (Å²) in [6.07, 6.45) is 8.92. The lowest BCUT2D eigenvalue weighted by Crippen LogP contribution is -2.49. The minimum Gasteiger partial charge on any atom is -0.468 e. The van der Waals surface area contributed by atoms with Crippen molar-refractivity contribution in [2.45, 2.75) is 91.3 Å². The Hall–Kier alpha value is -2.58. The lowest BCUT2D eigenvalue weighted by Gasteiger charge is -2.39. The molecule has 0 unspecified atom stereocenters. The zero-order chi connectivity index (χ0) is 30.3. The second kappa shape index (κ2) is 14.7. The minimum absolute atomic E-state index is 0.0206. The number of fused-ring (bicyclic) bond motifs is 3. The molecule has 0 N–H and O–H groups in total. The van der Waals surface area contributed by atoms with Gasteiger partial charge in [-0.15, -0.1) is 0 Å². The Bertz CT molecular complexity index is 1170. The molecular formula is C35H48O7. The van der Waals surface area contributed by atoms with Crippen molar-refractivity contribution < 1.29 is 33.3 Å². The van der Waals surface area contributed by atoms with Crippen molar-refractivity contribution in [1.82, 2.24) is 0 Å². The summed E-state index contributed by atoms with van der Waals surface area (Å²) in [6, 6.07) is 10.0. The monoisotopic (exact) mass is 580 g/mol. The van der Waals surface area contributed by atoms with E-state index in [9.17, 15) is 9.59 Å². The minimum atomic E-state index is -1.02. The van der Waals surface area contributed by atoms with Crippen LogP contribution in [-0.4, -0.2) is 51.3 Å². The number of hydrogen-bond donors (Lipinski definition) is 0. The van der Waals surface area contributed by atoms with Gasteiger partial charge in [-0.05, 0) is 75.8 Å². The third kappa shape index (κ3) is 6.96. The number of hydrogen-bond acceptors (Lipinski definition) is 7. The molecule has 1 saturated carbocycles. The van der Waals surface area contributed by atoms with Crippen molar-refractivity contribution in [2.75, 3.05) is 21.0 Å². The summed E-state index contributed by atoms with van der Waals surface area (Å²) in [4.78, 5) is 27.1. The van der Waals surface area contributed by atoms with Crippen molar-refractivity contribution in [3.63, 3.8) is 0 Å². The summed E-state index contributed by atoms with van der Waals surface area (Å²) in [5, 5.41) is 0. The Balaban J connectivity index is 1.75. The summed E-state index contributed by atoms with van der Waals surface area (Å²) in [7, 11) is 3.02. The molecule has 230 valence electrons. The van der Waals surface area contributed by atoms with Gasteiger partial charge in [0, 0.05) is 19.4 Å². The topological polar surface area (TPSA) is 80.3 Å². The highest BCUT2D eigenvalue weighted by atomic mass is 16.7. The molecule has 2 aliphatic carbocycles. The predicted octanol–water partition coefficient (Wildman–Crippen LogP) is 6.72. The van der Waals surface area contributed by atoms with E-state index in [1.165, 1.54) is 18.3 Å². The zero-order valence-corrected chi connectivity index (χ0v) is 26.1. The van der Waals surface area contributed by atoms with Gasteiger partial charge in [0.05, 0.1) is 19.8 Å². The summed E-state index contributed by atoms with van der Waals surface area (Å²) in [6.45, 7) is 8.67. The molecular weight excluding hydrogens is 532 g/mol. The molecule has 1 aromatic carbocycles. The Morgan fingerprint density at radius 2 is 1.71 bits per heavy atom. The van der Waals surface area contributed by atoms with Crippen LogP contribution in [0.4, 0.5) is 0 Å². The standard InChI is InChI=1S/C35H48O7/c1-23-11-10-12-24(2)19-20-35(34(37)39-6)28(17-16-25(3)29(36)18-15-23)30-26(4)33(40-21-27-13-8-7-9-14-27)42-31(30)32(35)41-22-38-5/h7-9,11,13-14,16,19,26,28,30-33H,10,12,15,17-18,20-22H2,1-6H3/b23-11+,24-19+,25-16+/t26-,28+,30+,31+,32+,33-,35+/m0/s1. The highest BCUT2D eigenvalue weighted by Gasteiger charge is 2.69. The molecule has 0 amide bonds. The first-order valence-corrected chi connectivity index (χ1v) is 15.2. The first kappa shape index (κ1) is 32.3. The molecule has 3 aliphatic rings. The van der Waals surface area contributed by atoms with E-state index in [4.69, 9.17) is 23.7 Å². The molecule has 1 aliphatic heterocycles. The summed E-state index contributed by atoms with van der Waals surface area (Å²) in [5.41, 5.74) is 3.21. The van der Waals surface area contributed by atoms with Crippen molar-refractivity contribution in [3.8, 4) is 0 Å². The van der Waals surface area contributed by atoms with E-state index in [0.29, 0.717) is 25.9 Å². The molecule has 4 rings (SSSR count). The summed E-state index contributed by atoms with van der Waals surface area (Å²) < 4.78 is 30.3. The quantitative estimate of drug-likeness (QED) is 0.201. The number of allylic oxidation sites excluding steroid dienone is 6. The lowest BCUT2D eigenvalue weighted by molar-refractivity contribution is -0.211. The molecule has 1 aromatic rings. The van der Waals surface area contributed by atoms with Crippen LogP contribution < -0.4 is 0 Å². The molecule has 0 bridgehead atoms. The average molecular weight is 581 g/mol. The average Bonchev–Trinajstić information content (AvgIpc) is 3.45. The molecule has 42 heavy (non-hydrogen) atoms. The van der Waals surface area contributed by atoms with Crippen LogP contribution >= 0.6 is 0 Å². The first-order valence-electron chi connectivity index (χ1n) is 15.2. The number of ketones is 1. The Morgan fingerprint density at radius 1 is 0.976 bits per heavy atom. The fourth-order valence-corrected chi connectivity index (χ4v) is 7.09. The van der Waals surface area contributed by atoms with Gasteiger partial charge in [0.15, 0.2) is 12.1 Å². The number of ether oxygens (including phenoxy) is 5. The van der Waals surface area contributed by atoms with Crippen LogP contribution in [0.25, 0.3) is 0 Å². The van der Waals surface area contributed by atoms with Crippen molar-refractivity contribution in [2.24, 2.45) is 23.2 Å². The number of esters is 1. The molecule has 7 nitrogen and oxygen atoms in total. The van der Waals surface area contributed by atoms with E-state index in [1.54, 1.807) is 7.11 Å². The fourth-order valence-electron chi connectivity index (χ4n) is 7.09. The van der Waals surface area contributed by atoms with Crippen molar-refractivity contribution in [3.05, 3.63) is 70.8 Å². The van der Waals surface area contributed by atoms with E-state index < -0.39 is 23.9 Å². The number of carbonyl (C=O) groups is 2. The van der Waals surface area contributed by atoms with Gasteiger partial charge in [0.25, 0.3) is 0 Å². The molecule has 7 atom stereocenters. The van der Waals surface area contributed by atoms with E-state index in [1.807, 2.05) is 43.3 Å². The van der Waals surface area contributed by atoms with Gasteiger partial charge < -0.3 is 23.7 Å². The van der Waals surface area contributed by atoms with Gasteiger partial charge in [-0.3, -0.25) is 9.59 Å². The normalized spacial score (nSPS) is 36.2. The van der Waals surface area contributed by atoms with Crippen LogP contribution in [0.5, 0.6) is 0 Å². The highest BCUT2D eigenvalue weighted by Crippen LogP contribution is 2.60. The van der Waals surface area contributed by atoms with Gasteiger partial charge in [-0.25, -0.2) is 0 Å². The van der Waals surface area contributed by atoms with E-state index in [2.05, 4.69) is 32.9 Å². The third-order valence-electron chi connectivity index (χ3n) is 9.51. The fraction of sp³-hybridized carbons (Fsp3) is 0.600. The van der Waals surface area contributed by atoms with E-state index in [0.717, 1.165) is 30.4 Å². The predicted molar refractivity (Wildman–Crippen MR) is 161 cm³/mol. The maximum absolute atomic E-state index is 14.0. The highest BCUT2D eigenvalue weighted by molar-refractivity contribution is 5.94. The van der Waals surface area contributed by atoms with E-state index in [-0.39, 0.29) is 36.3 Å². The Morgan fingerprint density at radius 3 is 2.43 bits per heavy atom. The maximum atomic E-state index is 14.0. The zero-order valence-electron chi connectivity index (χ0n) is 26.1. The number of Topliss-reactive ketones (excluding diaryl/α,β-unsaturated/α-hetero) is 1. The number of rotatable bonds is 7. The summed E-state index contributed by atoms with van der Waals surface area (Å²) >= 11 is 0. The maximum Gasteiger partial charge on any atom is 0.315 e. The molecule has 2 fully saturated rings. The SMILES string of the molecule is COCO[C@@H]1[C@@H]2O[C@H](OCc3ccccc3)[C@@H](C)[C@@H]2[C@H]2C/C=C(\C)C(=O)CC/C(C)=C/CC/C(C)=C/C[C@@]21C(=O)OC. The Labute approximate surface area is 251 Å². The second-order valence-corrected chi connectivity index (χ2v) is 12.2. The smallest absolute Gasteiger partial charge is 0.315 e. The molecule has 1 saturated heterocycles. The van der Waals surface area contributed by atoms with Crippen LogP contribution in [0.15, 0.2) is 65.3 Å². The van der Waals surface area contributed by atoms with Crippen LogP contribution in [0, 0.1) is 23.2 Å². The number of methoxy groups -OCH3 is 2. The molecule has 1 heterocycles. The molecule has 0 spiro atoms. The number of benzene rings is 1. The van der Waals surface area contributed by atoms with Crippen molar-refractivity contribution >= 4 is 11.8 Å². The van der Waals surface area contributed by atoms with Gasteiger partial charge in [0.1, 0.15) is 18.3 Å². The van der Waals surface area contributed by atoms with Gasteiger partial charge in [-0.2, -0.15) is 0 Å². The second-order valence-electron chi connectivity index (χ2n) is 12.2. The lowest BCUT2D eigenvalue weighted by atomic mass is 9.67. The van der Waals surface area contributed by atoms with Gasteiger partial charge in [-0.1, -0.05) is 66.6 Å². The summed E-state index contributed by atoms with van der Waals surface area (Å²) in [5.74, 6) is -0.459. The molecule has 7 heteroatoms. The van der Waals surface area contributed by atoms with Crippen LogP contribution in [0.1, 0.15) is 71.8 Å². The Kier molecular flexibility index (Phi) is 11.3. The third-order valence-corrected chi connectivity index (χ3v) is 9.51.